The van der Waals surface area contributed by atoms with Crippen molar-refractivity contribution in [2.45, 2.75) is 19.3 Å². The van der Waals surface area contributed by atoms with Gasteiger partial charge in [0, 0.05) is 10.0 Å². The Balaban J connectivity index is 2.37. The molecule has 0 nitrogen and oxygen atoms in total. The molecular formula is C11H9BrF2. The van der Waals surface area contributed by atoms with Gasteiger partial charge < -0.3 is 0 Å². The Morgan fingerprint density at radius 2 is 1.71 bits per heavy atom. The van der Waals surface area contributed by atoms with Crippen LogP contribution in [0.1, 0.15) is 18.4 Å². The summed E-state index contributed by atoms with van der Waals surface area (Å²) >= 11 is 3.28. The molecule has 0 spiro atoms. The highest BCUT2D eigenvalue weighted by Gasteiger charge is 2.24. The number of hydrogen-bond donors (Lipinski definition) is 0. The summed E-state index contributed by atoms with van der Waals surface area (Å²) in [5.74, 6) is 0. The third kappa shape index (κ3) is 2.03. The van der Waals surface area contributed by atoms with Crippen LogP contribution in [0.15, 0.2) is 34.3 Å². The lowest BCUT2D eigenvalue weighted by Gasteiger charge is -2.06. The summed E-state index contributed by atoms with van der Waals surface area (Å²) in [6.45, 7) is 0. The minimum absolute atomic E-state index is 0.234. The minimum atomic E-state index is -2.35. The molecule has 0 radical (unpaired) electrons. The molecule has 1 aliphatic carbocycles. The summed E-state index contributed by atoms with van der Waals surface area (Å²) in [6, 6.07) is 7.05. The van der Waals surface area contributed by atoms with Crippen molar-refractivity contribution in [3.05, 3.63) is 39.9 Å². The predicted molar refractivity (Wildman–Crippen MR) is 56.3 cm³/mol. The Labute approximate surface area is 89.8 Å². The molecule has 1 aromatic carbocycles. The zero-order valence-corrected chi connectivity index (χ0v) is 9.02. The molecule has 3 heteroatoms. The zero-order valence-electron chi connectivity index (χ0n) is 7.43. The number of allylic oxidation sites excluding steroid dienone is 2. The van der Waals surface area contributed by atoms with Gasteiger partial charge in [0.1, 0.15) is 0 Å². The Bertz CT molecular complexity index is 359. The van der Waals surface area contributed by atoms with Gasteiger partial charge in [0.25, 0.3) is 6.43 Å². The van der Waals surface area contributed by atoms with E-state index in [-0.39, 0.29) is 5.57 Å². The van der Waals surface area contributed by atoms with Crippen molar-refractivity contribution in [1.29, 1.82) is 0 Å². The summed E-state index contributed by atoms with van der Waals surface area (Å²) in [4.78, 5) is 0. The third-order valence-corrected chi connectivity index (χ3v) is 2.78. The summed E-state index contributed by atoms with van der Waals surface area (Å²) in [5, 5.41) is 0. The highest BCUT2D eigenvalue weighted by molar-refractivity contribution is 9.10. The van der Waals surface area contributed by atoms with Crippen molar-refractivity contribution in [3.8, 4) is 0 Å². The molecule has 14 heavy (non-hydrogen) atoms. The normalized spacial score (nSPS) is 14.7. The van der Waals surface area contributed by atoms with Gasteiger partial charge >= 0.3 is 0 Å². The second-order valence-corrected chi connectivity index (χ2v) is 4.24. The number of rotatable bonds is 2. The maximum atomic E-state index is 12.7. The van der Waals surface area contributed by atoms with Crippen LogP contribution in [0.4, 0.5) is 8.78 Å². The van der Waals surface area contributed by atoms with Crippen molar-refractivity contribution in [2.75, 3.05) is 0 Å². The molecule has 0 saturated heterocycles. The van der Waals surface area contributed by atoms with Gasteiger partial charge in [-0.3, -0.25) is 0 Å². The van der Waals surface area contributed by atoms with Gasteiger partial charge in [0.2, 0.25) is 0 Å². The first-order chi connectivity index (χ1) is 6.68. The molecule has 0 bridgehead atoms. The molecule has 2 rings (SSSR count). The Hall–Kier alpha value is -0.700. The third-order valence-electron chi connectivity index (χ3n) is 2.25. The number of alkyl halides is 2. The molecule has 1 aromatic rings. The second-order valence-electron chi connectivity index (χ2n) is 3.32. The number of hydrogen-bond acceptors (Lipinski definition) is 0. The van der Waals surface area contributed by atoms with E-state index in [2.05, 4.69) is 15.9 Å². The fourth-order valence-corrected chi connectivity index (χ4v) is 1.71. The van der Waals surface area contributed by atoms with Gasteiger partial charge in [-0.25, -0.2) is 8.78 Å². The Morgan fingerprint density at radius 1 is 1.14 bits per heavy atom. The highest BCUT2D eigenvalue weighted by Crippen LogP contribution is 2.39. The van der Waals surface area contributed by atoms with E-state index in [0.717, 1.165) is 22.9 Å². The quantitative estimate of drug-likeness (QED) is 0.744. The summed E-state index contributed by atoms with van der Waals surface area (Å²) in [5.41, 5.74) is 1.79. The van der Waals surface area contributed by atoms with Crippen LogP contribution in [0.25, 0.3) is 5.57 Å². The van der Waals surface area contributed by atoms with E-state index in [1.807, 2.05) is 0 Å². The van der Waals surface area contributed by atoms with Gasteiger partial charge in [0.15, 0.2) is 0 Å². The lowest BCUT2D eigenvalue weighted by atomic mass is 10.1. The van der Waals surface area contributed by atoms with Crippen LogP contribution in [0, 0.1) is 0 Å². The smallest absolute Gasteiger partial charge is 0.205 e. The van der Waals surface area contributed by atoms with Gasteiger partial charge in [-0.05, 0) is 30.5 Å². The lowest BCUT2D eigenvalue weighted by molar-refractivity contribution is 0.215. The first-order valence-electron chi connectivity index (χ1n) is 4.44. The largest absolute Gasteiger partial charge is 0.264 e. The van der Waals surface area contributed by atoms with Crippen molar-refractivity contribution in [1.82, 2.24) is 0 Å². The fraction of sp³-hybridized carbons (Fsp3) is 0.273. The van der Waals surface area contributed by atoms with E-state index >= 15 is 0 Å². The zero-order chi connectivity index (χ0) is 10.1. The van der Waals surface area contributed by atoms with Gasteiger partial charge in [-0.2, -0.15) is 0 Å². The Kier molecular flexibility index (Phi) is 2.68. The van der Waals surface area contributed by atoms with E-state index in [0.29, 0.717) is 5.56 Å². The predicted octanol–water partition coefficient (Wildman–Crippen LogP) is 4.26. The molecule has 74 valence electrons. The van der Waals surface area contributed by atoms with E-state index < -0.39 is 6.43 Å². The van der Waals surface area contributed by atoms with Crippen LogP contribution in [0.3, 0.4) is 0 Å². The van der Waals surface area contributed by atoms with Gasteiger partial charge in [0.05, 0.1) is 0 Å². The monoisotopic (exact) mass is 258 g/mol. The minimum Gasteiger partial charge on any atom is -0.205 e. The molecule has 1 fully saturated rings. The lowest BCUT2D eigenvalue weighted by Crippen LogP contribution is -1.96. The molecule has 0 unspecified atom stereocenters. The molecule has 0 amide bonds. The van der Waals surface area contributed by atoms with Crippen LogP contribution in [-0.2, 0) is 0 Å². The SMILES string of the molecule is FC(F)C(=C1CC1)c1ccc(Br)cc1. The summed E-state index contributed by atoms with van der Waals surface area (Å²) in [6.07, 6.45) is -0.695. The topological polar surface area (TPSA) is 0 Å². The first kappa shape index (κ1) is 9.84. The average molecular weight is 259 g/mol. The van der Waals surface area contributed by atoms with E-state index in [1.165, 1.54) is 0 Å². The average Bonchev–Trinajstić information content (AvgIpc) is 2.92. The van der Waals surface area contributed by atoms with Crippen molar-refractivity contribution < 1.29 is 8.78 Å². The second kappa shape index (κ2) is 3.81. The van der Waals surface area contributed by atoms with Crippen LogP contribution >= 0.6 is 15.9 Å². The molecule has 0 aromatic heterocycles. The van der Waals surface area contributed by atoms with Crippen molar-refractivity contribution in [3.63, 3.8) is 0 Å². The molecule has 0 N–H and O–H groups in total. The number of benzene rings is 1. The van der Waals surface area contributed by atoms with E-state index in [9.17, 15) is 8.78 Å². The van der Waals surface area contributed by atoms with Gasteiger partial charge in [-0.1, -0.05) is 33.6 Å². The fourth-order valence-electron chi connectivity index (χ4n) is 1.45. The summed E-state index contributed by atoms with van der Waals surface area (Å²) < 4.78 is 26.3. The van der Waals surface area contributed by atoms with Gasteiger partial charge in [-0.15, -0.1) is 0 Å². The van der Waals surface area contributed by atoms with E-state index in [4.69, 9.17) is 0 Å². The van der Waals surface area contributed by atoms with Crippen LogP contribution < -0.4 is 0 Å². The molecule has 0 atom stereocenters. The molecule has 0 heterocycles. The summed E-state index contributed by atoms with van der Waals surface area (Å²) in [7, 11) is 0. The maximum Gasteiger partial charge on any atom is 0.264 e. The van der Waals surface area contributed by atoms with E-state index in [1.54, 1.807) is 24.3 Å². The Morgan fingerprint density at radius 3 is 2.14 bits per heavy atom. The van der Waals surface area contributed by atoms with Crippen LogP contribution in [0.2, 0.25) is 0 Å². The molecule has 1 saturated carbocycles. The highest BCUT2D eigenvalue weighted by atomic mass is 79.9. The molecule has 0 aliphatic heterocycles. The van der Waals surface area contributed by atoms with Crippen LogP contribution in [0.5, 0.6) is 0 Å². The van der Waals surface area contributed by atoms with Crippen molar-refractivity contribution in [2.24, 2.45) is 0 Å². The van der Waals surface area contributed by atoms with Crippen molar-refractivity contribution >= 4 is 21.5 Å². The number of halogens is 3. The molecular weight excluding hydrogens is 250 g/mol. The molecule has 1 aliphatic rings. The first-order valence-corrected chi connectivity index (χ1v) is 5.24. The van der Waals surface area contributed by atoms with Crippen LogP contribution in [-0.4, -0.2) is 6.43 Å². The maximum absolute atomic E-state index is 12.7. The standard InChI is InChI=1S/C11H9BrF2/c12-9-5-3-8(4-6-9)10(11(13)14)7-1-2-7/h3-6,11H,1-2H2.